The van der Waals surface area contributed by atoms with Crippen molar-refractivity contribution in [3.63, 3.8) is 0 Å². The number of hydrogen-bond donors (Lipinski definition) is 1. The monoisotopic (exact) mass is 301 g/mol. The summed E-state index contributed by atoms with van der Waals surface area (Å²) in [6.45, 7) is 0.480. The Morgan fingerprint density at radius 1 is 1.14 bits per heavy atom. The Kier molecular flexibility index (Phi) is 5.41. The molecule has 2 rings (SSSR count). The highest BCUT2D eigenvalue weighted by Crippen LogP contribution is 2.11. The van der Waals surface area contributed by atoms with Gasteiger partial charge in [-0.25, -0.2) is 0 Å². The van der Waals surface area contributed by atoms with Gasteiger partial charge in [-0.1, -0.05) is 35.9 Å². The Labute approximate surface area is 129 Å². The average Bonchev–Trinajstić information content (AvgIpc) is 2.53. The average molecular weight is 302 g/mol. The van der Waals surface area contributed by atoms with E-state index in [-0.39, 0.29) is 5.91 Å². The van der Waals surface area contributed by atoms with Gasteiger partial charge in [-0.2, -0.15) is 0 Å². The van der Waals surface area contributed by atoms with E-state index in [4.69, 9.17) is 16.3 Å². The Balaban J connectivity index is 1.85. The highest BCUT2D eigenvalue weighted by atomic mass is 35.5. The van der Waals surface area contributed by atoms with Gasteiger partial charge in [0.2, 0.25) is 5.91 Å². The lowest BCUT2D eigenvalue weighted by Gasteiger charge is -2.04. The van der Waals surface area contributed by atoms with Gasteiger partial charge < -0.3 is 10.1 Å². The van der Waals surface area contributed by atoms with Crippen LogP contribution in [-0.4, -0.2) is 13.0 Å². The number of rotatable bonds is 5. The summed E-state index contributed by atoms with van der Waals surface area (Å²) in [5.74, 6) is 0.661. The number of benzene rings is 2. The smallest absolute Gasteiger partial charge is 0.244 e. The quantitative estimate of drug-likeness (QED) is 0.856. The van der Waals surface area contributed by atoms with Gasteiger partial charge in [-0.15, -0.1) is 0 Å². The van der Waals surface area contributed by atoms with Gasteiger partial charge in [-0.05, 0) is 41.5 Å². The maximum Gasteiger partial charge on any atom is 0.244 e. The highest BCUT2D eigenvalue weighted by molar-refractivity contribution is 6.30. The number of amides is 1. The molecule has 0 atom stereocenters. The largest absolute Gasteiger partial charge is 0.497 e. The molecule has 3 nitrogen and oxygen atoms in total. The molecule has 0 aromatic heterocycles. The van der Waals surface area contributed by atoms with E-state index in [9.17, 15) is 4.79 Å². The first-order valence-corrected chi connectivity index (χ1v) is 6.89. The molecule has 0 unspecified atom stereocenters. The molecule has 0 spiro atoms. The van der Waals surface area contributed by atoms with Crippen LogP contribution >= 0.6 is 11.6 Å². The molecule has 2 aromatic rings. The Hall–Kier alpha value is -2.26. The summed E-state index contributed by atoms with van der Waals surface area (Å²) in [7, 11) is 1.62. The molecule has 0 saturated heterocycles. The molecule has 0 heterocycles. The van der Waals surface area contributed by atoms with E-state index in [0.717, 1.165) is 16.9 Å². The second kappa shape index (κ2) is 7.50. The van der Waals surface area contributed by atoms with Crippen molar-refractivity contribution in [2.75, 3.05) is 7.11 Å². The van der Waals surface area contributed by atoms with Crippen molar-refractivity contribution in [3.05, 3.63) is 70.8 Å². The number of carbonyl (C=O) groups is 1. The van der Waals surface area contributed by atoms with Crippen LogP contribution in [0.2, 0.25) is 5.02 Å². The minimum Gasteiger partial charge on any atom is -0.497 e. The lowest BCUT2D eigenvalue weighted by atomic mass is 10.2. The van der Waals surface area contributed by atoms with Gasteiger partial charge in [0.05, 0.1) is 7.11 Å². The minimum absolute atomic E-state index is 0.138. The molecule has 0 radical (unpaired) electrons. The third-order valence-corrected chi connectivity index (χ3v) is 3.17. The van der Waals surface area contributed by atoms with Crippen LogP contribution in [0.15, 0.2) is 54.6 Å². The SMILES string of the molecule is COc1ccc(CNC(=O)/C=C/c2ccc(Cl)cc2)cc1. The Morgan fingerprint density at radius 3 is 2.43 bits per heavy atom. The molecule has 1 amide bonds. The van der Waals surface area contributed by atoms with E-state index in [2.05, 4.69) is 5.32 Å². The molecule has 1 N–H and O–H groups in total. The summed E-state index contributed by atoms with van der Waals surface area (Å²) in [4.78, 5) is 11.7. The first-order chi connectivity index (χ1) is 10.2. The summed E-state index contributed by atoms with van der Waals surface area (Å²) < 4.78 is 5.08. The Bertz CT molecular complexity index is 618. The number of hydrogen-bond acceptors (Lipinski definition) is 2. The van der Waals surface area contributed by atoms with Crippen LogP contribution in [-0.2, 0) is 11.3 Å². The molecule has 0 aliphatic carbocycles. The maximum absolute atomic E-state index is 11.7. The molecule has 0 saturated carbocycles. The third-order valence-electron chi connectivity index (χ3n) is 2.92. The molecule has 0 aliphatic heterocycles. The molecule has 21 heavy (non-hydrogen) atoms. The molecule has 0 aliphatic rings. The van der Waals surface area contributed by atoms with Crippen LogP contribution in [0.25, 0.3) is 6.08 Å². The van der Waals surface area contributed by atoms with Crippen molar-refractivity contribution < 1.29 is 9.53 Å². The van der Waals surface area contributed by atoms with Crippen molar-refractivity contribution in [3.8, 4) is 5.75 Å². The van der Waals surface area contributed by atoms with E-state index < -0.39 is 0 Å². The number of ether oxygens (including phenoxy) is 1. The normalized spacial score (nSPS) is 10.6. The maximum atomic E-state index is 11.7. The van der Waals surface area contributed by atoms with Gasteiger partial charge >= 0.3 is 0 Å². The van der Waals surface area contributed by atoms with Gasteiger partial charge in [0.15, 0.2) is 0 Å². The molecule has 0 fully saturated rings. The summed E-state index contributed by atoms with van der Waals surface area (Å²) in [6.07, 6.45) is 3.26. The summed E-state index contributed by atoms with van der Waals surface area (Å²) in [6, 6.07) is 14.9. The van der Waals surface area contributed by atoms with E-state index in [1.807, 2.05) is 36.4 Å². The molecule has 0 bridgehead atoms. The number of halogens is 1. The number of methoxy groups -OCH3 is 1. The van der Waals surface area contributed by atoms with Gasteiger partial charge in [0.1, 0.15) is 5.75 Å². The van der Waals surface area contributed by atoms with Gasteiger partial charge in [0, 0.05) is 17.6 Å². The van der Waals surface area contributed by atoms with Crippen molar-refractivity contribution in [2.45, 2.75) is 6.54 Å². The fraction of sp³-hybridized carbons (Fsp3) is 0.118. The fourth-order valence-electron chi connectivity index (χ4n) is 1.74. The molecule has 4 heteroatoms. The fourth-order valence-corrected chi connectivity index (χ4v) is 1.86. The first-order valence-electron chi connectivity index (χ1n) is 6.52. The second-order valence-electron chi connectivity index (χ2n) is 4.45. The van der Waals surface area contributed by atoms with Crippen LogP contribution < -0.4 is 10.1 Å². The Morgan fingerprint density at radius 2 is 1.81 bits per heavy atom. The minimum atomic E-state index is -0.138. The zero-order valence-corrected chi connectivity index (χ0v) is 12.4. The number of nitrogens with one attached hydrogen (secondary N) is 1. The van der Waals surface area contributed by atoms with E-state index in [0.29, 0.717) is 11.6 Å². The predicted molar refractivity (Wildman–Crippen MR) is 85.3 cm³/mol. The van der Waals surface area contributed by atoms with E-state index in [1.54, 1.807) is 25.3 Å². The van der Waals surface area contributed by atoms with Crippen LogP contribution in [0, 0.1) is 0 Å². The van der Waals surface area contributed by atoms with Crippen molar-refractivity contribution in [1.82, 2.24) is 5.32 Å². The van der Waals surface area contributed by atoms with Gasteiger partial charge in [-0.3, -0.25) is 4.79 Å². The zero-order chi connectivity index (χ0) is 15.1. The predicted octanol–water partition coefficient (Wildman–Crippen LogP) is 3.68. The molecular weight excluding hydrogens is 286 g/mol. The summed E-state index contributed by atoms with van der Waals surface area (Å²) in [5, 5.41) is 3.50. The van der Waals surface area contributed by atoms with Crippen LogP contribution in [0.5, 0.6) is 5.75 Å². The van der Waals surface area contributed by atoms with Crippen LogP contribution in [0.1, 0.15) is 11.1 Å². The topological polar surface area (TPSA) is 38.3 Å². The highest BCUT2D eigenvalue weighted by Gasteiger charge is 1.98. The molecule has 2 aromatic carbocycles. The lowest BCUT2D eigenvalue weighted by molar-refractivity contribution is -0.116. The van der Waals surface area contributed by atoms with Crippen molar-refractivity contribution in [1.29, 1.82) is 0 Å². The van der Waals surface area contributed by atoms with Crippen LogP contribution in [0.4, 0.5) is 0 Å². The van der Waals surface area contributed by atoms with Gasteiger partial charge in [0.25, 0.3) is 0 Å². The summed E-state index contributed by atoms with van der Waals surface area (Å²) >= 11 is 5.80. The van der Waals surface area contributed by atoms with E-state index in [1.165, 1.54) is 6.08 Å². The van der Waals surface area contributed by atoms with E-state index >= 15 is 0 Å². The summed E-state index contributed by atoms with van der Waals surface area (Å²) in [5.41, 5.74) is 1.95. The second-order valence-corrected chi connectivity index (χ2v) is 4.89. The standard InChI is InChI=1S/C17H16ClNO2/c1-21-16-9-4-14(5-10-16)12-19-17(20)11-6-13-2-7-15(18)8-3-13/h2-11H,12H2,1H3,(H,19,20)/b11-6+. The molecule has 108 valence electrons. The van der Waals surface area contributed by atoms with Crippen LogP contribution in [0.3, 0.4) is 0 Å². The zero-order valence-electron chi connectivity index (χ0n) is 11.7. The third kappa shape index (κ3) is 4.97. The molecular formula is C17H16ClNO2. The lowest BCUT2D eigenvalue weighted by Crippen LogP contribution is -2.20. The number of carbonyl (C=O) groups excluding carboxylic acids is 1. The first kappa shape index (κ1) is 15.1. The van der Waals surface area contributed by atoms with Crippen molar-refractivity contribution >= 4 is 23.6 Å². The van der Waals surface area contributed by atoms with Crippen molar-refractivity contribution in [2.24, 2.45) is 0 Å².